The van der Waals surface area contributed by atoms with Crippen molar-refractivity contribution in [2.75, 3.05) is 17.2 Å². The summed E-state index contributed by atoms with van der Waals surface area (Å²) >= 11 is 0. The highest BCUT2D eigenvalue weighted by Crippen LogP contribution is 2.38. The summed E-state index contributed by atoms with van der Waals surface area (Å²) in [5.41, 5.74) is 6.82. The summed E-state index contributed by atoms with van der Waals surface area (Å²) in [4.78, 5) is 13.5. The predicted molar refractivity (Wildman–Crippen MR) is 69.8 cm³/mol. The number of ether oxygens (including phenoxy) is 1. The highest BCUT2D eigenvalue weighted by Gasteiger charge is 2.30. The number of carbonyl (C=O) groups is 1. The first-order valence-corrected chi connectivity index (χ1v) is 5.90. The highest BCUT2D eigenvalue weighted by atomic mass is 16.6. The lowest BCUT2D eigenvalue weighted by atomic mass is 10.1. The minimum absolute atomic E-state index is 0.0681. The van der Waals surface area contributed by atoms with Crippen LogP contribution in [0.4, 0.5) is 16.2 Å². The second kappa shape index (κ2) is 4.08. The van der Waals surface area contributed by atoms with E-state index in [2.05, 4.69) is 0 Å². The number of phenols is 1. The van der Waals surface area contributed by atoms with E-state index in [-0.39, 0.29) is 5.75 Å². The van der Waals surface area contributed by atoms with E-state index in [1.807, 2.05) is 20.8 Å². The number of carbonyl (C=O) groups excluding carboxylic acids is 1. The molecular formula is C13H18N2O3. The number of nitrogens with two attached hydrogens (primary N) is 1. The second-order valence-corrected chi connectivity index (χ2v) is 5.38. The molecule has 0 fully saturated rings. The maximum absolute atomic E-state index is 12.0. The lowest BCUT2D eigenvalue weighted by Gasteiger charge is -2.24. The predicted octanol–water partition coefficient (Wildman–Crippen LogP) is 2.27. The molecule has 1 aromatic carbocycles. The number of anilines is 2. The Bertz CT molecular complexity index is 492. The van der Waals surface area contributed by atoms with E-state index in [4.69, 9.17) is 10.5 Å². The fraction of sp³-hybridized carbons (Fsp3) is 0.462. The summed E-state index contributed by atoms with van der Waals surface area (Å²) in [5.74, 6) is 0.0681. The fourth-order valence-electron chi connectivity index (χ4n) is 1.99. The van der Waals surface area contributed by atoms with Gasteiger partial charge in [0.15, 0.2) is 0 Å². The van der Waals surface area contributed by atoms with Crippen molar-refractivity contribution in [3.05, 3.63) is 17.7 Å². The molecule has 0 atom stereocenters. The topological polar surface area (TPSA) is 75.8 Å². The van der Waals surface area contributed by atoms with Crippen LogP contribution in [0.2, 0.25) is 0 Å². The Morgan fingerprint density at radius 2 is 2.11 bits per heavy atom. The number of benzene rings is 1. The number of phenolic OH excluding ortho intramolecular Hbond substituents is 1. The van der Waals surface area contributed by atoms with Crippen LogP contribution in [0.25, 0.3) is 0 Å². The van der Waals surface area contributed by atoms with Crippen LogP contribution in [0.15, 0.2) is 12.1 Å². The number of hydrogen-bond donors (Lipinski definition) is 2. The molecule has 0 aliphatic carbocycles. The molecule has 0 aromatic heterocycles. The van der Waals surface area contributed by atoms with Gasteiger partial charge in [-0.2, -0.15) is 0 Å². The minimum Gasteiger partial charge on any atom is -0.505 e. The average Bonchev–Trinajstić information content (AvgIpc) is 2.65. The van der Waals surface area contributed by atoms with Crippen LogP contribution in [0, 0.1) is 0 Å². The second-order valence-electron chi connectivity index (χ2n) is 5.38. The number of nitrogens with zero attached hydrogens (tertiary/aromatic N) is 1. The van der Waals surface area contributed by atoms with Gasteiger partial charge in [-0.15, -0.1) is 0 Å². The molecule has 0 bridgehead atoms. The Morgan fingerprint density at radius 1 is 1.44 bits per heavy atom. The van der Waals surface area contributed by atoms with Crippen molar-refractivity contribution in [3.8, 4) is 5.75 Å². The first-order chi connectivity index (χ1) is 8.29. The molecule has 5 heteroatoms. The molecule has 18 heavy (non-hydrogen) atoms. The van der Waals surface area contributed by atoms with Gasteiger partial charge in [-0.3, -0.25) is 4.90 Å². The van der Waals surface area contributed by atoms with Crippen LogP contribution >= 0.6 is 0 Å². The number of amides is 1. The minimum atomic E-state index is -0.532. The molecular weight excluding hydrogens is 232 g/mol. The number of fused-ring (bicyclic) bond motifs is 1. The van der Waals surface area contributed by atoms with Gasteiger partial charge in [0.2, 0.25) is 0 Å². The van der Waals surface area contributed by atoms with Gasteiger partial charge in [-0.1, -0.05) is 0 Å². The van der Waals surface area contributed by atoms with Crippen LogP contribution in [0.1, 0.15) is 26.3 Å². The van der Waals surface area contributed by atoms with E-state index in [9.17, 15) is 9.90 Å². The largest absolute Gasteiger partial charge is 0.505 e. The van der Waals surface area contributed by atoms with Gasteiger partial charge < -0.3 is 15.6 Å². The molecule has 0 radical (unpaired) electrons. The molecule has 1 amide bonds. The van der Waals surface area contributed by atoms with Gasteiger partial charge in [0.25, 0.3) is 0 Å². The van der Waals surface area contributed by atoms with Crippen molar-refractivity contribution in [1.82, 2.24) is 0 Å². The van der Waals surface area contributed by atoms with Gasteiger partial charge >= 0.3 is 6.09 Å². The van der Waals surface area contributed by atoms with Gasteiger partial charge in [-0.05, 0) is 39.3 Å². The van der Waals surface area contributed by atoms with Crippen molar-refractivity contribution in [2.24, 2.45) is 0 Å². The molecule has 1 aliphatic heterocycles. The third kappa shape index (κ3) is 2.20. The van der Waals surface area contributed by atoms with Crippen LogP contribution in [-0.2, 0) is 11.2 Å². The molecule has 0 saturated carbocycles. The van der Waals surface area contributed by atoms with Gasteiger partial charge in [0, 0.05) is 12.1 Å². The lowest BCUT2D eigenvalue weighted by molar-refractivity contribution is 0.0584. The quantitative estimate of drug-likeness (QED) is 0.547. The first-order valence-electron chi connectivity index (χ1n) is 5.90. The lowest BCUT2D eigenvalue weighted by Crippen LogP contribution is -2.35. The third-order valence-electron chi connectivity index (χ3n) is 2.78. The zero-order chi connectivity index (χ0) is 13.5. The maximum Gasteiger partial charge on any atom is 0.414 e. The van der Waals surface area contributed by atoms with Crippen LogP contribution in [0.5, 0.6) is 5.75 Å². The first kappa shape index (κ1) is 12.5. The molecule has 3 N–H and O–H groups in total. The summed E-state index contributed by atoms with van der Waals surface area (Å²) in [6.07, 6.45) is 0.191. The molecule has 1 heterocycles. The van der Waals surface area contributed by atoms with E-state index in [0.29, 0.717) is 29.9 Å². The summed E-state index contributed by atoms with van der Waals surface area (Å²) in [7, 11) is 0. The summed E-state index contributed by atoms with van der Waals surface area (Å²) in [5, 5.41) is 9.85. The van der Waals surface area contributed by atoms with Crippen molar-refractivity contribution in [1.29, 1.82) is 0 Å². The molecule has 98 valence electrons. The van der Waals surface area contributed by atoms with Crippen molar-refractivity contribution in [3.63, 3.8) is 0 Å². The van der Waals surface area contributed by atoms with E-state index >= 15 is 0 Å². The summed E-state index contributed by atoms with van der Waals surface area (Å²) < 4.78 is 5.32. The van der Waals surface area contributed by atoms with Crippen molar-refractivity contribution >= 4 is 17.5 Å². The van der Waals surface area contributed by atoms with Crippen molar-refractivity contribution in [2.45, 2.75) is 32.8 Å². The van der Waals surface area contributed by atoms with Crippen LogP contribution in [0.3, 0.4) is 0 Å². The summed E-state index contributed by atoms with van der Waals surface area (Å²) in [6, 6.07) is 3.33. The molecule has 0 saturated heterocycles. The zero-order valence-electron chi connectivity index (χ0n) is 10.9. The highest BCUT2D eigenvalue weighted by molar-refractivity contribution is 5.92. The number of aromatic hydroxyl groups is 1. The molecule has 2 rings (SSSR count). The van der Waals surface area contributed by atoms with E-state index in [0.717, 1.165) is 0 Å². The zero-order valence-corrected chi connectivity index (χ0v) is 10.9. The number of hydrogen-bond acceptors (Lipinski definition) is 4. The monoisotopic (exact) mass is 250 g/mol. The van der Waals surface area contributed by atoms with Gasteiger partial charge in [0.1, 0.15) is 11.4 Å². The average molecular weight is 250 g/mol. The van der Waals surface area contributed by atoms with E-state index in [1.54, 1.807) is 12.1 Å². The van der Waals surface area contributed by atoms with E-state index < -0.39 is 11.7 Å². The number of rotatable bonds is 0. The fourth-order valence-corrected chi connectivity index (χ4v) is 1.99. The third-order valence-corrected chi connectivity index (χ3v) is 2.78. The van der Waals surface area contributed by atoms with E-state index in [1.165, 1.54) is 4.90 Å². The molecule has 0 spiro atoms. The van der Waals surface area contributed by atoms with Gasteiger partial charge in [-0.25, -0.2) is 4.79 Å². The normalized spacial score (nSPS) is 14.5. The molecule has 1 aliphatic rings. The molecule has 0 unspecified atom stereocenters. The Balaban J connectivity index is 2.27. The Morgan fingerprint density at radius 3 is 2.72 bits per heavy atom. The Labute approximate surface area is 106 Å². The smallest absolute Gasteiger partial charge is 0.414 e. The molecule has 5 nitrogen and oxygen atoms in total. The van der Waals surface area contributed by atoms with Crippen molar-refractivity contribution < 1.29 is 14.6 Å². The standard InChI is InChI=1S/C13H18N2O3/c1-13(2,3)18-12(17)15-7-6-8-10(15)5-4-9(14)11(8)16/h4-5,16H,6-7,14H2,1-3H3. The molecule has 1 aromatic rings. The SMILES string of the molecule is CC(C)(C)OC(=O)N1CCc2c1ccc(N)c2O. The van der Waals surface area contributed by atoms with Crippen LogP contribution < -0.4 is 10.6 Å². The number of nitrogen functional groups attached to an aromatic ring is 1. The summed E-state index contributed by atoms with van der Waals surface area (Å²) in [6.45, 7) is 5.97. The maximum atomic E-state index is 12.0. The van der Waals surface area contributed by atoms with Gasteiger partial charge in [0.05, 0.1) is 11.4 Å². The Hall–Kier alpha value is -1.91. The Kier molecular flexibility index (Phi) is 2.84. The van der Waals surface area contributed by atoms with Crippen LogP contribution in [-0.4, -0.2) is 23.3 Å².